The normalized spacial score (nSPS) is 9.90. The Balaban J connectivity index is 3.34. The van der Waals surface area contributed by atoms with Gasteiger partial charge >= 0.3 is 0 Å². The standard InChI is InChI=1S/C8H10IN/c1-5-3-4-7(9)6(2)8(5)10/h3-4H,10H2,1-2H3. The van der Waals surface area contributed by atoms with Gasteiger partial charge in [0, 0.05) is 9.26 Å². The van der Waals surface area contributed by atoms with Gasteiger partial charge in [0.1, 0.15) is 0 Å². The van der Waals surface area contributed by atoms with Gasteiger partial charge in [0.2, 0.25) is 0 Å². The van der Waals surface area contributed by atoms with Crippen molar-refractivity contribution < 1.29 is 0 Å². The van der Waals surface area contributed by atoms with Gasteiger partial charge in [-0.1, -0.05) is 6.07 Å². The monoisotopic (exact) mass is 247 g/mol. The summed E-state index contributed by atoms with van der Waals surface area (Å²) >= 11 is 2.29. The summed E-state index contributed by atoms with van der Waals surface area (Å²) in [5, 5.41) is 0. The van der Waals surface area contributed by atoms with Crippen LogP contribution < -0.4 is 5.73 Å². The lowest BCUT2D eigenvalue weighted by Gasteiger charge is -2.04. The molecule has 0 atom stereocenters. The first-order valence-electron chi connectivity index (χ1n) is 3.14. The Morgan fingerprint density at radius 1 is 1.30 bits per heavy atom. The van der Waals surface area contributed by atoms with Gasteiger partial charge in [-0.3, -0.25) is 0 Å². The third-order valence-corrected chi connectivity index (χ3v) is 2.84. The van der Waals surface area contributed by atoms with E-state index in [4.69, 9.17) is 5.73 Å². The van der Waals surface area contributed by atoms with Crippen molar-refractivity contribution in [2.45, 2.75) is 13.8 Å². The van der Waals surface area contributed by atoms with E-state index in [0.29, 0.717) is 0 Å². The molecular weight excluding hydrogens is 237 g/mol. The van der Waals surface area contributed by atoms with Crippen LogP contribution in [0.1, 0.15) is 11.1 Å². The number of nitrogens with two attached hydrogens (primary N) is 1. The number of anilines is 1. The van der Waals surface area contributed by atoms with Crippen molar-refractivity contribution in [1.82, 2.24) is 0 Å². The first kappa shape index (κ1) is 7.85. The molecule has 54 valence electrons. The number of hydrogen-bond acceptors (Lipinski definition) is 1. The molecule has 0 spiro atoms. The van der Waals surface area contributed by atoms with E-state index >= 15 is 0 Å². The molecule has 0 aliphatic carbocycles. The van der Waals surface area contributed by atoms with Crippen molar-refractivity contribution >= 4 is 28.3 Å². The largest absolute Gasteiger partial charge is 0.398 e. The Morgan fingerprint density at radius 3 is 2.40 bits per heavy atom. The molecule has 2 heteroatoms. The molecule has 0 amide bonds. The topological polar surface area (TPSA) is 26.0 Å². The Kier molecular flexibility index (Phi) is 2.18. The number of rotatable bonds is 0. The summed E-state index contributed by atoms with van der Waals surface area (Å²) < 4.78 is 1.24. The summed E-state index contributed by atoms with van der Waals surface area (Å²) in [6.07, 6.45) is 0. The van der Waals surface area contributed by atoms with Crippen LogP contribution in [0.4, 0.5) is 5.69 Å². The Morgan fingerprint density at radius 2 is 1.90 bits per heavy atom. The van der Waals surface area contributed by atoms with Crippen LogP contribution in [0.2, 0.25) is 0 Å². The van der Waals surface area contributed by atoms with Crippen molar-refractivity contribution in [3.8, 4) is 0 Å². The van der Waals surface area contributed by atoms with E-state index in [1.54, 1.807) is 0 Å². The van der Waals surface area contributed by atoms with Crippen LogP contribution in [0.25, 0.3) is 0 Å². The Labute approximate surface area is 74.8 Å². The third kappa shape index (κ3) is 1.26. The predicted molar refractivity (Wildman–Crippen MR) is 53.0 cm³/mol. The minimum Gasteiger partial charge on any atom is -0.398 e. The summed E-state index contributed by atoms with van der Waals surface area (Å²) in [7, 11) is 0. The molecule has 0 aromatic heterocycles. The fourth-order valence-corrected chi connectivity index (χ4v) is 1.31. The maximum Gasteiger partial charge on any atom is 0.0384 e. The van der Waals surface area contributed by atoms with Gasteiger partial charge in [0.25, 0.3) is 0 Å². The second-order valence-electron chi connectivity index (χ2n) is 2.40. The quantitative estimate of drug-likeness (QED) is 0.553. The highest BCUT2D eigenvalue weighted by Gasteiger charge is 1.99. The molecular formula is C8H10IN. The smallest absolute Gasteiger partial charge is 0.0384 e. The van der Waals surface area contributed by atoms with Crippen molar-refractivity contribution in [1.29, 1.82) is 0 Å². The molecule has 10 heavy (non-hydrogen) atoms. The molecule has 0 saturated heterocycles. The maximum absolute atomic E-state index is 5.78. The molecule has 0 saturated carbocycles. The molecule has 0 unspecified atom stereocenters. The maximum atomic E-state index is 5.78. The van der Waals surface area contributed by atoms with Crippen molar-refractivity contribution in [3.63, 3.8) is 0 Å². The fraction of sp³-hybridized carbons (Fsp3) is 0.250. The van der Waals surface area contributed by atoms with Gasteiger partial charge in [-0.05, 0) is 53.6 Å². The number of aryl methyl sites for hydroxylation is 1. The zero-order valence-electron chi connectivity index (χ0n) is 6.11. The van der Waals surface area contributed by atoms with E-state index in [1.165, 1.54) is 9.13 Å². The van der Waals surface area contributed by atoms with E-state index < -0.39 is 0 Å². The van der Waals surface area contributed by atoms with Gasteiger partial charge in [-0.15, -0.1) is 0 Å². The third-order valence-electron chi connectivity index (χ3n) is 1.67. The summed E-state index contributed by atoms with van der Waals surface area (Å²) in [5.74, 6) is 0. The lowest BCUT2D eigenvalue weighted by molar-refractivity contribution is 1.36. The second kappa shape index (κ2) is 2.78. The lowest BCUT2D eigenvalue weighted by atomic mass is 10.1. The van der Waals surface area contributed by atoms with Crippen molar-refractivity contribution in [2.75, 3.05) is 5.73 Å². The molecule has 0 fully saturated rings. The second-order valence-corrected chi connectivity index (χ2v) is 3.57. The van der Waals surface area contributed by atoms with Crippen LogP contribution in [-0.4, -0.2) is 0 Å². The highest BCUT2D eigenvalue weighted by atomic mass is 127. The van der Waals surface area contributed by atoms with Crippen molar-refractivity contribution in [2.24, 2.45) is 0 Å². The molecule has 1 aromatic rings. The highest BCUT2D eigenvalue weighted by molar-refractivity contribution is 14.1. The van der Waals surface area contributed by atoms with Crippen LogP contribution in [0.3, 0.4) is 0 Å². The number of halogens is 1. The number of hydrogen-bond donors (Lipinski definition) is 1. The van der Waals surface area contributed by atoms with Crippen LogP contribution in [0, 0.1) is 17.4 Å². The first-order chi connectivity index (χ1) is 4.63. The predicted octanol–water partition coefficient (Wildman–Crippen LogP) is 2.49. The minimum atomic E-state index is 0.923. The minimum absolute atomic E-state index is 0.923. The van der Waals surface area contributed by atoms with E-state index in [-0.39, 0.29) is 0 Å². The lowest BCUT2D eigenvalue weighted by Crippen LogP contribution is -1.94. The van der Waals surface area contributed by atoms with Crippen molar-refractivity contribution in [3.05, 3.63) is 26.8 Å². The van der Waals surface area contributed by atoms with E-state index in [9.17, 15) is 0 Å². The Hall–Kier alpha value is -0.250. The Bertz CT molecular complexity index is 229. The van der Waals surface area contributed by atoms with Crippen LogP contribution in [0.15, 0.2) is 12.1 Å². The van der Waals surface area contributed by atoms with E-state index in [1.807, 2.05) is 19.9 Å². The summed E-state index contributed by atoms with van der Waals surface area (Å²) in [4.78, 5) is 0. The zero-order chi connectivity index (χ0) is 7.72. The average Bonchev–Trinajstić information content (AvgIpc) is 1.93. The summed E-state index contributed by atoms with van der Waals surface area (Å²) in [6, 6.07) is 4.13. The molecule has 2 N–H and O–H groups in total. The molecule has 0 bridgehead atoms. The van der Waals surface area contributed by atoms with E-state index in [2.05, 4.69) is 28.7 Å². The molecule has 0 heterocycles. The van der Waals surface area contributed by atoms with E-state index in [0.717, 1.165) is 11.3 Å². The van der Waals surface area contributed by atoms with Gasteiger partial charge in [-0.2, -0.15) is 0 Å². The SMILES string of the molecule is Cc1ccc(I)c(C)c1N. The molecule has 0 radical (unpaired) electrons. The van der Waals surface area contributed by atoms with Crippen LogP contribution in [0.5, 0.6) is 0 Å². The molecule has 1 nitrogen and oxygen atoms in total. The van der Waals surface area contributed by atoms with Gasteiger partial charge in [-0.25, -0.2) is 0 Å². The average molecular weight is 247 g/mol. The van der Waals surface area contributed by atoms with Gasteiger partial charge in [0.05, 0.1) is 0 Å². The first-order valence-corrected chi connectivity index (χ1v) is 4.22. The van der Waals surface area contributed by atoms with Crippen LogP contribution in [-0.2, 0) is 0 Å². The highest BCUT2D eigenvalue weighted by Crippen LogP contribution is 2.20. The molecule has 0 aliphatic rings. The number of benzene rings is 1. The summed E-state index contributed by atoms with van der Waals surface area (Å²) in [6.45, 7) is 4.07. The number of nitrogen functional groups attached to an aromatic ring is 1. The zero-order valence-corrected chi connectivity index (χ0v) is 8.27. The summed E-state index contributed by atoms with van der Waals surface area (Å²) in [5.41, 5.74) is 9.06. The fourth-order valence-electron chi connectivity index (χ4n) is 0.837. The molecule has 1 rings (SSSR count). The molecule has 0 aliphatic heterocycles. The molecule has 1 aromatic carbocycles. The van der Waals surface area contributed by atoms with Gasteiger partial charge < -0.3 is 5.73 Å². The van der Waals surface area contributed by atoms with Crippen LogP contribution >= 0.6 is 22.6 Å². The van der Waals surface area contributed by atoms with Gasteiger partial charge in [0.15, 0.2) is 0 Å².